The van der Waals surface area contributed by atoms with Gasteiger partial charge in [-0.05, 0) is 18.2 Å². The molecule has 0 aromatic heterocycles. The van der Waals surface area contributed by atoms with Gasteiger partial charge in [-0.1, -0.05) is 0 Å². The summed E-state index contributed by atoms with van der Waals surface area (Å²) in [5.74, 6) is -1.77. The second kappa shape index (κ2) is 9.04. The van der Waals surface area contributed by atoms with Gasteiger partial charge in [0.2, 0.25) is 15.9 Å². The molecule has 2 aliphatic rings. The van der Waals surface area contributed by atoms with E-state index >= 15 is 0 Å². The van der Waals surface area contributed by atoms with Crippen LogP contribution in [-0.4, -0.2) is 86.1 Å². The molecule has 3 rings (SSSR count). The molecule has 1 atom stereocenters. The van der Waals surface area contributed by atoms with Crippen molar-refractivity contribution in [1.82, 2.24) is 9.37 Å². The van der Waals surface area contributed by atoms with E-state index in [1.54, 1.807) is 17.0 Å². The van der Waals surface area contributed by atoms with Crippen LogP contribution in [0.5, 0.6) is 0 Å². The third-order valence-electron chi connectivity index (χ3n) is 5.08. The van der Waals surface area contributed by atoms with Crippen molar-refractivity contribution in [3.05, 3.63) is 24.0 Å². The smallest absolute Gasteiger partial charge is 0.414 e. The normalized spacial score (nSPS) is 19.8. The third kappa shape index (κ3) is 5.04. The molecular weight excluding hydrogens is 433 g/mol. The Kier molecular flexibility index (Phi) is 6.63. The highest BCUT2D eigenvalue weighted by Gasteiger charge is 2.34. The molecule has 11 nitrogen and oxygen atoms in total. The maximum atomic E-state index is 14.8. The Labute approximate surface area is 178 Å². The van der Waals surface area contributed by atoms with Gasteiger partial charge in [-0.2, -0.15) is 9.57 Å². The van der Waals surface area contributed by atoms with Gasteiger partial charge in [0, 0.05) is 33.1 Å². The molecule has 2 aliphatic heterocycles. The van der Waals surface area contributed by atoms with Crippen molar-refractivity contribution in [2.24, 2.45) is 0 Å². The number of nitrogens with zero attached hydrogens (tertiary/aromatic N) is 5. The van der Waals surface area contributed by atoms with Crippen LogP contribution in [0.2, 0.25) is 0 Å². The molecule has 13 heteroatoms. The summed E-state index contributed by atoms with van der Waals surface area (Å²) in [4.78, 5) is 26.1. The molecule has 0 saturated carbocycles. The van der Waals surface area contributed by atoms with Gasteiger partial charge in [0.15, 0.2) is 5.75 Å². The van der Waals surface area contributed by atoms with Crippen LogP contribution in [0.1, 0.15) is 6.92 Å². The number of rotatable bonds is 6. The van der Waals surface area contributed by atoms with Crippen LogP contribution >= 0.6 is 0 Å². The van der Waals surface area contributed by atoms with E-state index in [1.165, 1.54) is 28.3 Å². The van der Waals surface area contributed by atoms with Crippen LogP contribution in [0.25, 0.3) is 0 Å². The van der Waals surface area contributed by atoms with Crippen LogP contribution < -0.4 is 9.80 Å². The average molecular weight is 455 g/mol. The van der Waals surface area contributed by atoms with E-state index in [9.17, 15) is 27.6 Å². The fourth-order valence-electron chi connectivity index (χ4n) is 3.45. The van der Waals surface area contributed by atoms with Crippen molar-refractivity contribution in [3.63, 3.8) is 0 Å². The average Bonchev–Trinajstić information content (AvgIpc) is 3.08. The summed E-state index contributed by atoms with van der Waals surface area (Å²) in [6.45, 7) is 1.80. The quantitative estimate of drug-likeness (QED) is 0.480. The van der Waals surface area contributed by atoms with Crippen molar-refractivity contribution in [1.29, 1.82) is 5.26 Å². The lowest BCUT2D eigenvalue weighted by Crippen LogP contribution is -2.49. The van der Waals surface area contributed by atoms with Crippen molar-refractivity contribution in [3.8, 4) is 6.07 Å². The zero-order valence-electron chi connectivity index (χ0n) is 16.8. The van der Waals surface area contributed by atoms with Gasteiger partial charge in [0.05, 0.1) is 30.5 Å². The maximum Gasteiger partial charge on any atom is 0.414 e. The molecule has 2 fully saturated rings. The van der Waals surface area contributed by atoms with Gasteiger partial charge in [0.25, 0.3) is 0 Å². The second-order valence-electron chi connectivity index (χ2n) is 7.15. The number of halogens is 1. The van der Waals surface area contributed by atoms with Gasteiger partial charge in [0.1, 0.15) is 11.9 Å². The van der Waals surface area contributed by atoms with Gasteiger partial charge in [-0.3, -0.25) is 14.9 Å². The predicted octanol–water partition coefficient (Wildman–Crippen LogP) is 0.364. The Bertz CT molecular complexity index is 1010. The van der Waals surface area contributed by atoms with E-state index in [2.05, 4.69) is 0 Å². The minimum absolute atomic E-state index is 0.0391. The molecule has 0 spiro atoms. The fraction of sp³-hybridized carbons (Fsp3) is 0.500. The SMILES string of the molecule is CC(=O)N(O)CC1CN(c2ccc(N3CCN(S(=O)(=O)CC#N)CC3)c(F)c2)C(=O)O1. The first-order chi connectivity index (χ1) is 14.6. The van der Waals surface area contributed by atoms with Crippen LogP contribution in [0.4, 0.5) is 20.6 Å². The standard InChI is InChI=1S/C18H22FN5O6S/c1-13(25)24(27)12-15-11-23(18(26)30-15)14-2-3-17(16(19)10-14)21-5-7-22(8-6-21)31(28,29)9-4-20/h2-3,10,15,27H,5-9,11-12H2,1H3. The Balaban J connectivity index is 1.65. The molecule has 1 aromatic rings. The van der Waals surface area contributed by atoms with E-state index in [0.717, 1.165) is 0 Å². The Morgan fingerprint density at radius 3 is 2.61 bits per heavy atom. The molecule has 168 valence electrons. The number of amides is 2. The summed E-state index contributed by atoms with van der Waals surface area (Å²) < 4.78 is 45.1. The molecular formula is C18H22FN5O6S. The second-order valence-corrected chi connectivity index (χ2v) is 9.12. The summed E-state index contributed by atoms with van der Waals surface area (Å²) in [5, 5.41) is 18.6. The van der Waals surface area contributed by atoms with E-state index < -0.39 is 39.7 Å². The first-order valence-corrected chi connectivity index (χ1v) is 11.1. The number of carbonyl (C=O) groups is 2. The number of hydroxylamine groups is 2. The molecule has 1 N–H and O–H groups in total. The third-order valence-corrected chi connectivity index (χ3v) is 6.72. The van der Waals surface area contributed by atoms with Gasteiger partial charge < -0.3 is 9.64 Å². The van der Waals surface area contributed by atoms with Crippen LogP contribution in [-0.2, 0) is 19.6 Å². The van der Waals surface area contributed by atoms with E-state index in [1.807, 2.05) is 0 Å². The molecule has 2 heterocycles. The lowest BCUT2D eigenvalue weighted by atomic mass is 10.2. The van der Waals surface area contributed by atoms with E-state index in [0.29, 0.717) is 5.06 Å². The maximum absolute atomic E-state index is 14.8. The van der Waals surface area contributed by atoms with Crippen molar-refractivity contribution >= 4 is 33.4 Å². The summed E-state index contributed by atoms with van der Waals surface area (Å²) >= 11 is 0. The van der Waals surface area contributed by atoms with Gasteiger partial charge >= 0.3 is 6.09 Å². The minimum Gasteiger partial charge on any atom is -0.442 e. The molecule has 1 aromatic carbocycles. The van der Waals surface area contributed by atoms with E-state index in [4.69, 9.17) is 10.00 Å². The summed E-state index contributed by atoms with van der Waals surface area (Å²) in [6.07, 6.45) is -1.47. The predicted molar refractivity (Wildman–Crippen MR) is 106 cm³/mol. The number of piperazine rings is 1. The van der Waals surface area contributed by atoms with Crippen molar-refractivity contribution in [2.45, 2.75) is 13.0 Å². The number of benzene rings is 1. The number of anilines is 2. The van der Waals surface area contributed by atoms with Crippen molar-refractivity contribution < 1.29 is 32.3 Å². The largest absolute Gasteiger partial charge is 0.442 e. The Morgan fingerprint density at radius 2 is 2.03 bits per heavy atom. The van der Waals surface area contributed by atoms with Gasteiger partial charge in [-0.25, -0.2) is 22.7 Å². The zero-order chi connectivity index (χ0) is 22.8. The monoisotopic (exact) mass is 455 g/mol. The molecule has 2 saturated heterocycles. The highest BCUT2D eigenvalue weighted by Crippen LogP contribution is 2.29. The van der Waals surface area contributed by atoms with Gasteiger partial charge in [-0.15, -0.1) is 0 Å². The highest BCUT2D eigenvalue weighted by atomic mass is 32.2. The number of ether oxygens (including phenoxy) is 1. The van der Waals surface area contributed by atoms with E-state index in [-0.39, 0.29) is 50.6 Å². The highest BCUT2D eigenvalue weighted by molar-refractivity contribution is 7.89. The number of hydrogen-bond acceptors (Lipinski definition) is 8. The first-order valence-electron chi connectivity index (χ1n) is 9.47. The zero-order valence-corrected chi connectivity index (χ0v) is 17.6. The van der Waals surface area contributed by atoms with Crippen LogP contribution in [0.3, 0.4) is 0 Å². The van der Waals surface area contributed by atoms with Crippen LogP contribution in [0.15, 0.2) is 18.2 Å². The first kappa shape index (κ1) is 22.7. The summed E-state index contributed by atoms with van der Waals surface area (Å²) in [7, 11) is -3.64. The Morgan fingerprint density at radius 1 is 1.35 bits per heavy atom. The molecule has 31 heavy (non-hydrogen) atoms. The lowest BCUT2D eigenvalue weighted by molar-refractivity contribution is -0.166. The topological polar surface area (TPSA) is 134 Å². The Hall–Kier alpha value is -2.95. The number of sulfonamides is 1. The fourth-order valence-corrected chi connectivity index (χ4v) is 4.51. The molecule has 1 unspecified atom stereocenters. The van der Waals surface area contributed by atoms with Crippen LogP contribution in [0, 0.1) is 17.1 Å². The number of hydrogen-bond donors (Lipinski definition) is 1. The minimum atomic E-state index is -3.64. The number of cyclic esters (lactones) is 1. The molecule has 2 amide bonds. The number of nitriles is 1. The van der Waals surface area contributed by atoms with Crippen molar-refractivity contribution in [2.75, 3.05) is 54.8 Å². The summed E-state index contributed by atoms with van der Waals surface area (Å²) in [6, 6.07) is 5.86. The summed E-state index contributed by atoms with van der Waals surface area (Å²) in [5.41, 5.74) is 0.527. The number of carbonyl (C=O) groups excluding carboxylic acids is 2. The lowest BCUT2D eigenvalue weighted by Gasteiger charge is -2.35. The molecule has 0 aliphatic carbocycles. The molecule has 0 radical (unpaired) electrons. The molecule has 0 bridgehead atoms.